The van der Waals surface area contributed by atoms with Crippen LogP contribution in [0.25, 0.3) is 0 Å². The van der Waals surface area contributed by atoms with E-state index >= 15 is 0 Å². The zero-order chi connectivity index (χ0) is 29.7. The van der Waals surface area contributed by atoms with E-state index in [1.807, 2.05) is 84.0 Å². The molecule has 1 aromatic carbocycles. The molecule has 0 bridgehead atoms. The molecule has 0 saturated heterocycles. The molecule has 0 heterocycles. The number of carbonyl (C=O) groups is 2. The van der Waals surface area contributed by atoms with Crippen molar-refractivity contribution in [2.75, 3.05) is 11.9 Å². The molecular weight excluding hydrogens is 492 g/mol. The van der Waals surface area contributed by atoms with Gasteiger partial charge in [-0.15, -0.1) is 0 Å². The lowest BCUT2D eigenvalue weighted by atomic mass is 9.81. The molecule has 4 N–H and O–H groups in total. The highest BCUT2D eigenvalue weighted by molar-refractivity contribution is 6.00. The molecule has 4 unspecified atom stereocenters. The molecule has 8 atom stereocenters. The molecule has 0 aliphatic carbocycles. The van der Waals surface area contributed by atoms with E-state index in [-0.39, 0.29) is 35.5 Å². The Balaban J connectivity index is 2.80. The van der Waals surface area contributed by atoms with Crippen LogP contribution in [0, 0.1) is 29.6 Å². The van der Waals surface area contributed by atoms with Crippen LogP contribution >= 0.6 is 0 Å². The number of rotatable bonds is 15. The molecule has 0 saturated carbocycles. The molecule has 216 valence electrons. The molecule has 7 heteroatoms. The van der Waals surface area contributed by atoms with Crippen LogP contribution in [0.3, 0.4) is 0 Å². The van der Waals surface area contributed by atoms with Crippen LogP contribution in [-0.4, -0.2) is 47.6 Å². The van der Waals surface area contributed by atoms with E-state index in [1.54, 1.807) is 30.2 Å². The molecule has 39 heavy (non-hydrogen) atoms. The van der Waals surface area contributed by atoms with Gasteiger partial charge in [-0.1, -0.05) is 95.3 Å². The van der Waals surface area contributed by atoms with Crippen molar-refractivity contribution in [3.8, 4) is 0 Å². The quantitative estimate of drug-likeness (QED) is 0.151. The molecular formula is C32H48N2O5. The zero-order valence-corrected chi connectivity index (χ0v) is 24.5. The number of hydrogen-bond donors (Lipinski definition) is 3. The highest BCUT2D eigenvalue weighted by Gasteiger charge is 2.33. The maximum absolute atomic E-state index is 12.5. The van der Waals surface area contributed by atoms with Gasteiger partial charge in [0, 0.05) is 36.4 Å². The van der Waals surface area contributed by atoms with Crippen LogP contribution < -0.4 is 10.6 Å². The first-order chi connectivity index (χ1) is 18.3. The third kappa shape index (κ3) is 11.2. The van der Waals surface area contributed by atoms with Crippen LogP contribution in [0.5, 0.6) is 0 Å². The Labute approximate surface area is 234 Å². The number of hydrogen-bond acceptors (Lipinski definition) is 5. The minimum absolute atomic E-state index is 0.126. The fraction of sp³-hybridized carbons (Fsp3) is 0.500. The van der Waals surface area contributed by atoms with E-state index < -0.39 is 24.4 Å². The van der Waals surface area contributed by atoms with Gasteiger partial charge in [0.25, 0.3) is 0 Å². The monoisotopic (exact) mass is 540 g/mol. The number of likely N-dealkylation sites (N-methyl/N-ethyl adjacent to an activating group) is 1. The Hall–Kier alpha value is -3.16. The van der Waals surface area contributed by atoms with Crippen LogP contribution in [0.2, 0.25) is 0 Å². The number of anilines is 1. The van der Waals surface area contributed by atoms with Crippen LogP contribution in [-0.2, 0) is 9.53 Å². The standard InChI is InChI=1S/C32H48N2O5/c1-9-10-14-23(4)31(39-32(33)38)26(7)30(37)25(6)20-21(2)19-24(5)29(36)22(3)17-18-28(35)34(8)27-15-12-11-13-16-27/h9-19,22-26,29-31,36-37H,1,20H2,2-8H3,(H2,33,38)/b14-10-,18-17-,21-19-/t22-,23-,24-,25?,26?,29-,30?,31?/m0/s1. The molecule has 2 amide bonds. The lowest BCUT2D eigenvalue weighted by Gasteiger charge is -2.33. The summed E-state index contributed by atoms with van der Waals surface area (Å²) in [5.41, 5.74) is 7.13. The third-order valence-corrected chi connectivity index (χ3v) is 7.25. The summed E-state index contributed by atoms with van der Waals surface area (Å²) in [6.45, 7) is 15.2. The lowest BCUT2D eigenvalue weighted by Crippen LogP contribution is -2.41. The van der Waals surface area contributed by atoms with Crippen molar-refractivity contribution < 1.29 is 24.5 Å². The van der Waals surface area contributed by atoms with Gasteiger partial charge in [0.05, 0.1) is 12.2 Å². The Morgan fingerprint density at radius 1 is 1.00 bits per heavy atom. The Bertz CT molecular complexity index is 1000. The van der Waals surface area contributed by atoms with Gasteiger partial charge in [-0.05, 0) is 37.5 Å². The molecule has 0 aliphatic heterocycles. The Morgan fingerprint density at radius 3 is 2.18 bits per heavy atom. The number of benzene rings is 1. The second-order valence-electron chi connectivity index (χ2n) is 10.7. The number of allylic oxidation sites excluding steroid dienone is 3. The smallest absolute Gasteiger partial charge is 0.404 e. The Kier molecular flexibility index (Phi) is 14.5. The van der Waals surface area contributed by atoms with Gasteiger partial charge in [-0.3, -0.25) is 4.79 Å². The summed E-state index contributed by atoms with van der Waals surface area (Å²) in [7, 11) is 1.72. The summed E-state index contributed by atoms with van der Waals surface area (Å²) in [5, 5.41) is 22.0. The SMILES string of the molecule is C=C/C=C\[C@H](C)C(OC(N)=O)C(C)C(O)C(C)C/C(C)=C\[C@H](C)[C@@H](O)[C@@H](C)/C=C\C(=O)N(C)c1ccccc1. The first kappa shape index (κ1) is 33.9. The molecule has 0 radical (unpaired) electrons. The van der Waals surface area contributed by atoms with Crippen molar-refractivity contribution in [2.24, 2.45) is 35.3 Å². The zero-order valence-electron chi connectivity index (χ0n) is 24.5. The van der Waals surface area contributed by atoms with Crippen LogP contribution in [0.4, 0.5) is 10.5 Å². The van der Waals surface area contributed by atoms with Gasteiger partial charge >= 0.3 is 6.09 Å². The largest absolute Gasteiger partial charge is 0.445 e. The van der Waals surface area contributed by atoms with E-state index in [0.29, 0.717) is 6.42 Å². The first-order valence-electron chi connectivity index (χ1n) is 13.6. The fourth-order valence-electron chi connectivity index (χ4n) is 4.86. The van der Waals surface area contributed by atoms with Crippen LogP contribution in [0.15, 0.2) is 78.9 Å². The third-order valence-electron chi connectivity index (χ3n) is 7.25. The molecule has 1 aromatic rings. The van der Waals surface area contributed by atoms with Gasteiger partial charge in [-0.2, -0.15) is 0 Å². The van der Waals surface area contributed by atoms with Crippen molar-refractivity contribution in [2.45, 2.75) is 66.3 Å². The number of aliphatic hydroxyl groups is 2. The molecule has 0 aliphatic rings. The lowest BCUT2D eigenvalue weighted by molar-refractivity contribution is -0.113. The summed E-state index contributed by atoms with van der Waals surface area (Å²) in [6, 6.07) is 9.38. The van der Waals surface area contributed by atoms with Crippen molar-refractivity contribution in [3.05, 3.63) is 78.9 Å². The topological polar surface area (TPSA) is 113 Å². The van der Waals surface area contributed by atoms with E-state index in [4.69, 9.17) is 10.5 Å². The molecule has 0 fully saturated rings. The van der Waals surface area contributed by atoms with Gasteiger partial charge in [0.15, 0.2) is 0 Å². The van der Waals surface area contributed by atoms with Crippen molar-refractivity contribution in [1.29, 1.82) is 0 Å². The van der Waals surface area contributed by atoms with E-state index in [0.717, 1.165) is 11.3 Å². The summed E-state index contributed by atoms with van der Waals surface area (Å²) < 4.78 is 5.36. The number of nitrogens with two attached hydrogens (primary N) is 1. The Morgan fingerprint density at radius 2 is 1.62 bits per heavy atom. The van der Waals surface area contributed by atoms with Crippen molar-refractivity contribution in [1.82, 2.24) is 0 Å². The fourth-order valence-corrected chi connectivity index (χ4v) is 4.86. The predicted octanol–water partition coefficient (Wildman–Crippen LogP) is 5.65. The number of para-hydroxylation sites is 1. The maximum atomic E-state index is 12.5. The van der Waals surface area contributed by atoms with Crippen molar-refractivity contribution >= 4 is 17.7 Å². The summed E-state index contributed by atoms with van der Waals surface area (Å²) in [6.07, 6.45) is 8.25. The van der Waals surface area contributed by atoms with E-state index in [1.165, 1.54) is 6.08 Å². The molecule has 1 rings (SSSR count). The predicted molar refractivity (Wildman–Crippen MR) is 159 cm³/mol. The normalized spacial score (nSPS) is 18.5. The van der Waals surface area contributed by atoms with E-state index in [9.17, 15) is 19.8 Å². The first-order valence-corrected chi connectivity index (χ1v) is 13.6. The molecule has 0 aromatic heterocycles. The van der Waals surface area contributed by atoms with Gasteiger partial charge in [0.1, 0.15) is 6.10 Å². The number of amides is 2. The van der Waals surface area contributed by atoms with Gasteiger partial charge in [0.2, 0.25) is 5.91 Å². The molecule has 0 spiro atoms. The van der Waals surface area contributed by atoms with Gasteiger partial charge < -0.3 is 25.6 Å². The number of aliphatic hydroxyl groups excluding tert-OH is 2. The van der Waals surface area contributed by atoms with E-state index in [2.05, 4.69) is 6.58 Å². The van der Waals surface area contributed by atoms with Crippen LogP contribution in [0.1, 0.15) is 48.0 Å². The summed E-state index contributed by atoms with van der Waals surface area (Å²) in [5.74, 6) is -1.21. The number of primary amides is 1. The average Bonchev–Trinajstić information content (AvgIpc) is 2.91. The number of nitrogens with zero attached hydrogens (tertiary/aromatic N) is 1. The highest BCUT2D eigenvalue weighted by atomic mass is 16.6. The second kappa shape index (κ2) is 16.7. The van der Waals surface area contributed by atoms with Crippen molar-refractivity contribution in [3.63, 3.8) is 0 Å². The van der Waals surface area contributed by atoms with Gasteiger partial charge in [-0.25, -0.2) is 4.79 Å². The average molecular weight is 541 g/mol. The number of ether oxygens (including phenoxy) is 1. The second-order valence-corrected chi connectivity index (χ2v) is 10.7. The molecule has 7 nitrogen and oxygen atoms in total. The minimum atomic E-state index is -0.874. The summed E-state index contributed by atoms with van der Waals surface area (Å²) >= 11 is 0. The maximum Gasteiger partial charge on any atom is 0.404 e. The minimum Gasteiger partial charge on any atom is -0.445 e. The highest BCUT2D eigenvalue weighted by Crippen LogP contribution is 2.29. The summed E-state index contributed by atoms with van der Waals surface area (Å²) in [4.78, 5) is 25.6. The number of carbonyl (C=O) groups excluding carboxylic acids is 2.